The van der Waals surface area contributed by atoms with Crippen molar-refractivity contribution in [2.24, 2.45) is 0 Å². The molecule has 0 radical (unpaired) electrons. The van der Waals surface area contributed by atoms with E-state index in [1.54, 1.807) is 19.1 Å². The first-order chi connectivity index (χ1) is 6.60. The number of rotatable bonds is 2. The van der Waals surface area contributed by atoms with Gasteiger partial charge in [0.05, 0.1) is 12.7 Å². The van der Waals surface area contributed by atoms with E-state index in [1.807, 2.05) is 6.07 Å². The van der Waals surface area contributed by atoms with Crippen LogP contribution in [0, 0.1) is 18.3 Å². The fraction of sp³-hybridized carbons (Fsp3) is 0.273. The Hall–Kier alpha value is -1.82. The molecule has 1 aromatic carbocycles. The molecule has 0 aliphatic heterocycles. The summed E-state index contributed by atoms with van der Waals surface area (Å²) in [5.74, 6) is 0.482. The number of carbonyl (C=O) groups excluding carboxylic acids is 1. The van der Waals surface area contributed by atoms with Crippen molar-refractivity contribution >= 4 is 5.78 Å². The van der Waals surface area contributed by atoms with Crippen molar-refractivity contribution in [2.45, 2.75) is 13.8 Å². The van der Waals surface area contributed by atoms with Gasteiger partial charge < -0.3 is 4.74 Å². The third-order valence-corrected chi connectivity index (χ3v) is 2.04. The lowest BCUT2D eigenvalue weighted by atomic mass is 10.00. The van der Waals surface area contributed by atoms with Crippen LogP contribution in [0.1, 0.15) is 28.4 Å². The molecule has 0 aromatic heterocycles. The summed E-state index contributed by atoms with van der Waals surface area (Å²) in [6.07, 6.45) is 0. The summed E-state index contributed by atoms with van der Waals surface area (Å²) >= 11 is 0. The van der Waals surface area contributed by atoms with Crippen LogP contribution in [0.2, 0.25) is 0 Å². The predicted molar refractivity (Wildman–Crippen MR) is 52.5 cm³/mol. The van der Waals surface area contributed by atoms with Crippen LogP contribution >= 0.6 is 0 Å². The van der Waals surface area contributed by atoms with Crippen molar-refractivity contribution in [1.29, 1.82) is 5.26 Å². The standard InChI is InChI=1S/C11H11NO2/c1-7-4-9(14-3)5-10(8(2)13)11(7)6-12/h4-5H,1-3H3. The predicted octanol–water partition coefficient (Wildman–Crippen LogP) is 2.08. The Morgan fingerprint density at radius 3 is 2.57 bits per heavy atom. The maximum atomic E-state index is 11.2. The SMILES string of the molecule is COc1cc(C)c(C#N)c(C(C)=O)c1. The van der Waals surface area contributed by atoms with Crippen LogP contribution in [0.25, 0.3) is 0 Å². The first kappa shape index (κ1) is 10.3. The minimum absolute atomic E-state index is 0.122. The zero-order chi connectivity index (χ0) is 10.7. The Labute approximate surface area is 82.9 Å². The van der Waals surface area contributed by atoms with Crippen molar-refractivity contribution in [1.82, 2.24) is 0 Å². The number of aryl methyl sites for hydroxylation is 1. The molecule has 0 spiro atoms. The van der Waals surface area contributed by atoms with Gasteiger partial charge in [-0.15, -0.1) is 0 Å². The van der Waals surface area contributed by atoms with Gasteiger partial charge in [0.2, 0.25) is 0 Å². The lowest BCUT2D eigenvalue weighted by Crippen LogP contribution is -2.00. The summed E-state index contributed by atoms with van der Waals surface area (Å²) < 4.78 is 5.02. The maximum absolute atomic E-state index is 11.2. The lowest BCUT2D eigenvalue weighted by molar-refractivity contribution is 0.101. The summed E-state index contributed by atoms with van der Waals surface area (Å²) in [6, 6.07) is 5.35. The van der Waals surface area contributed by atoms with Gasteiger partial charge in [0.25, 0.3) is 0 Å². The van der Waals surface area contributed by atoms with Crippen molar-refractivity contribution in [3.05, 3.63) is 28.8 Å². The summed E-state index contributed by atoms with van der Waals surface area (Å²) in [5.41, 5.74) is 1.61. The van der Waals surface area contributed by atoms with Crippen molar-refractivity contribution < 1.29 is 9.53 Å². The number of ketones is 1. The van der Waals surface area contributed by atoms with Gasteiger partial charge in [-0.1, -0.05) is 0 Å². The van der Waals surface area contributed by atoms with E-state index in [9.17, 15) is 4.79 Å². The summed E-state index contributed by atoms with van der Waals surface area (Å²) in [6.45, 7) is 3.22. The molecule has 0 N–H and O–H groups in total. The van der Waals surface area contributed by atoms with Gasteiger partial charge in [-0.2, -0.15) is 5.26 Å². The number of nitriles is 1. The Balaban J connectivity index is 3.45. The van der Waals surface area contributed by atoms with Gasteiger partial charge in [0.1, 0.15) is 11.8 Å². The van der Waals surface area contributed by atoms with Crippen molar-refractivity contribution in [2.75, 3.05) is 7.11 Å². The zero-order valence-corrected chi connectivity index (χ0v) is 8.42. The molecule has 0 amide bonds. The number of ether oxygens (including phenoxy) is 1. The molecule has 1 rings (SSSR count). The summed E-state index contributed by atoms with van der Waals surface area (Å²) in [5, 5.41) is 8.87. The highest BCUT2D eigenvalue weighted by Crippen LogP contribution is 2.21. The van der Waals surface area contributed by atoms with Gasteiger partial charge in [-0.3, -0.25) is 4.79 Å². The molecule has 0 saturated heterocycles. The summed E-state index contributed by atoms with van der Waals surface area (Å²) in [7, 11) is 1.53. The maximum Gasteiger partial charge on any atom is 0.161 e. The van der Waals surface area contributed by atoms with Crippen LogP contribution in [0.4, 0.5) is 0 Å². The second-order valence-corrected chi connectivity index (χ2v) is 3.03. The molecule has 0 aliphatic rings. The zero-order valence-electron chi connectivity index (χ0n) is 8.42. The fourth-order valence-electron chi connectivity index (χ4n) is 1.30. The average Bonchev–Trinajstić information content (AvgIpc) is 2.16. The molecule has 0 unspecified atom stereocenters. The van der Waals surface area contributed by atoms with E-state index >= 15 is 0 Å². The molecule has 0 saturated carbocycles. The molecule has 0 heterocycles. The molecule has 0 bridgehead atoms. The van der Waals surface area contributed by atoms with Crippen LogP contribution in [-0.2, 0) is 0 Å². The number of hydrogen-bond acceptors (Lipinski definition) is 3. The quantitative estimate of drug-likeness (QED) is 0.669. The summed E-state index contributed by atoms with van der Waals surface area (Å²) in [4.78, 5) is 11.2. The second-order valence-electron chi connectivity index (χ2n) is 3.03. The highest BCUT2D eigenvalue weighted by molar-refractivity contribution is 5.97. The highest BCUT2D eigenvalue weighted by atomic mass is 16.5. The Morgan fingerprint density at radius 2 is 2.14 bits per heavy atom. The largest absolute Gasteiger partial charge is 0.497 e. The molecule has 72 valence electrons. The number of benzene rings is 1. The highest BCUT2D eigenvalue weighted by Gasteiger charge is 2.11. The number of carbonyl (C=O) groups is 1. The molecule has 0 aliphatic carbocycles. The van der Waals surface area contributed by atoms with Crippen molar-refractivity contribution in [3.63, 3.8) is 0 Å². The first-order valence-electron chi connectivity index (χ1n) is 4.19. The number of Topliss-reactive ketones (excluding diaryl/α,β-unsaturated/α-hetero) is 1. The topological polar surface area (TPSA) is 50.1 Å². The van der Waals surface area contributed by atoms with Crippen LogP contribution in [0.3, 0.4) is 0 Å². The van der Waals surface area contributed by atoms with E-state index in [0.717, 1.165) is 5.56 Å². The van der Waals surface area contributed by atoms with Gasteiger partial charge >= 0.3 is 0 Å². The Morgan fingerprint density at radius 1 is 1.50 bits per heavy atom. The smallest absolute Gasteiger partial charge is 0.161 e. The molecule has 0 atom stereocenters. The molecule has 1 aromatic rings. The number of methoxy groups -OCH3 is 1. The molecule has 14 heavy (non-hydrogen) atoms. The molecular formula is C11H11NO2. The third-order valence-electron chi connectivity index (χ3n) is 2.04. The number of hydrogen-bond donors (Lipinski definition) is 0. The lowest BCUT2D eigenvalue weighted by Gasteiger charge is -2.06. The van der Waals surface area contributed by atoms with E-state index < -0.39 is 0 Å². The van der Waals surface area contributed by atoms with Crippen molar-refractivity contribution in [3.8, 4) is 11.8 Å². The van der Waals surface area contributed by atoms with E-state index in [1.165, 1.54) is 14.0 Å². The van der Waals surface area contributed by atoms with E-state index in [-0.39, 0.29) is 5.78 Å². The van der Waals surface area contributed by atoms with E-state index in [0.29, 0.717) is 16.9 Å². The van der Waals surface area contributed by atoms with Gasteiger partial charge in [-0.25, -0.2) is 0 Å². The van der Waals surface area contributed by atoms with Crippen LogP contribution in [0.5, 0.6) is 5.75 Å². The molecular weight excluding hydrogens is 178 g/mol. The monoisotopic (exact) mass is 189 g/mol. The average molecular weight is 189 g/mol. The minimum atomic E-state index is -0.122. The second kappa shape index (κ2) is 3.93. The Bertz CT molecular complexity index is 416. The third kappa shape index (κ3) is 1.74. The normalized spacial score (nSPS) is 9.29. The van der Waals surface area contributed by atoms with E-state index in [2.05, 4.69) is 0 Å². The fourth-order valence-corrected chi connectivity index (χ4v) is 1.30. The molecule has 0 fully saturated rings. The molecule has 3 nitrogen and oxygen atoms in total. The van der Waals surface area contributed by atoms with Crippen LogP contribution < -0.4 is 4.74 Å². The Kier molecular flexibility index (Phi) is 2.88. The minimum Gasteiger partial charge on any atom is -0.497 e. The van der Waals surface area contributed by atoms with Gasteiger partial charge in [-0.05, 0) is 31.5 Å². The molecule has 3 heteroatoms. The van der Waals surface area contributed by atoms with Gasteiger partial charge in [0, 0.05) is 5.56 Å². The van der Waals surface area contributed by atoms with Gasteiger partial charge in [0.15, 0.2) is 5.78 Å². The van der Waals surface area contributed by atoms with E-state index in [4.69, 9.17) is 10.00 Å². The van der Waals surface area contributed by atoms with Crippen LogP contribution in [0.15, 0.2) is 12.1 Å². The van der Waals surface area contributed by atoms with Crippen LogP contribution in [-0.4, -0.2) is 12.9 Å². The first-order valence-corrected chi connectivity index (χ1v) is 4.19. The number of nitrogens with zero attached hydrogens (tertiary/aromatic N) is 1.